The molecule has 0 bridgehead atoms. The summed E-state index contributed by atoms with van der Waals surface area (Å²) < 4.78 is 11.8. The standard InChI is InChI=1S/C20H22N2O6/c1-19(2)27-13-20(14-28-19,11-15-3-7-17(8-4-15)21(23)24)12-16-5-9-18(10-6-16)22(25)26/h3-10H,11-14H2,1-2H3. The van der Waals surface area contributed by atoms with Gasteiger partial charge in [0.2, 0.25) is 0 Å². The second-order valence-corrected chi connectivity index (χ2v) is 7.68. The fraction of sp³-hybridized carbons (Fsp3) is 0.400. The number of nitro groups is 2. The lowest BCUT2D eigenvalue weighted by molar-refractivity contribution is -0.385. The third kappa shape index (κ3) is 4.71. The van der Waals surface area contributed by atoms with Crippen LogP contribution in [0, 0.1) is 25.6 Å². The summed E-state index contributed by atoms with van der Waals surface area (Å²) in [7, 11) is 0. The molecule has 0 N–H and O–H groups in total. The van der Waals surface area contributed by atoms with Gasteiger partial charge in [0, 0.05) is 29.7 Å². The second kappa shape index (κ2) is 7.65. The van der Waals surface area contributed by atoms with Crippen LogP contribution in [-0.2, 0) is 22.3 Å². The van der Waals surface area contributed by atoms with Crippen LogP contribution in [0.3, 0.4) is 0 Å². The van der Waals surface area contributed by atoms with Crippen molar-refractivity contribution in [1.82, 2.24) is 0 Å². The zero-order valence-corrected chi connectivity index (χ0v) is 15.8. The summed E-state index contributed by atoms with van der Waals surface area (Å²) in [6.07, 6.45) is 1.22. The predicted molar refractivity (Wildman–Crippen MR) is 102 cm³/mol. The molecular weight excluding hydrogens is 364 g/mol. The number of hydrogen-bond donors (Lipinski definition) is 0. The second-order valence-electron chi connectivity index (χ2n) is 7.68. The summed E-state index contributed by atoms with van der Waals surface area (Å²) in [6, 6.07) is 12.9. The highest BCUT2D eigenvalue weighted by Gasteiger charge is 2.40. The van der Waals surface area contributed by atoms with Crippen LogP contribution >= 0.6 is 0 Å². The van der Waals surface area contributed by atoms with Crippen LogP contribution < -0.4 is 0 Å². The highest BCUT2D eigenvalue weighted by atomic mass is 16.7. The number of rotatable bonds is 6. The van der Waals surface area contributed by atoms with Gasteiger partial charge in [0.25, 0.3) is 11.4 Å². The van der Waals surface area contributed by atoms with E-state index in [0.29, 0.717) is 26.1 Å². The van der Waals surface area contributed by atoms with E-state index in [0.717, 1.165) is 11.1 Å². The van der Waals surface area contributed by atoms with Crippen molar-refractivity contribution in [2.45, 2.75) is 32.5 Å². The van der Waals surface area contributed by atoms with Crippen molar-refractivity contribution in [2.24, 2.45) is 5.41 Å². The number of nitrogens with zero attached hydrogens (tertiary/aromatic N) is 2. The van der Waals surface area contributed by atoms with Gasteiger partial charge < -0.3 is 9.47 Å². The van der Waals surface area contributed by atoms with Gasteiger partial charge in [-0.05, 0) is 37.8 Å². The van der Waals surface area contributed by atoms with Crippen molar-refractivity contribution in [3.63, 3.8) is 0 Å². The molecule has 1 aliphatic heterocycles. The molecule has 0 saturated carbocycles. The van der Waals surface area contributed by atoms with Crippen molar-refractivity contribution in [3.05, 3.63) is 79.9 Å². The Hall–Kier alpha value is -2.84. The first-order valence-corrected chi connectivity index (χ1v) is 8.93. The minimum atomic E-state index is -0.672. The van der Waals surface area contributed by atoms with E-state index < -0.39 is 15.6 Å². The van der Waals surface area contributed by atoms with Crippen LogP contribution in [0.4, 0.5) is 11.4 Å². The molecule has 0 atom stereocenters. The smallest absolute Gasteiger partial charge is 0.269 e. The lowest BCUT2D eigenvalue weighted by atomic mass is 9.77. The number of benzene rings is 2. The molecule has 1 aliphatic rings. The van der Waals surface area contributed by atoms with Crippen LogP contribution in [-0.4, -0.2) is 28.8 Å². The molecule has 1 fully saturated rings. The summed E-state index contributed by atoms with van der Waals surface area (Å²) in [5.74, 6) is -0.672. The number of hydrogen-bond acceptors (Lipinski definition) is 6. The van der Waals surface area contributed by atoms with E-state index >= 15 is 0 Å². The minimum Gasteiger partial charge on any atom is -0.350 e. The van der Waals surface area contributed by atoms with Crippen molar-refractivity contribution in [2.75, 3.05) is 13.2 Å². The molecule has 8 heteroatoms. The molecule has 2 aromatic rings. The average molecular weight is 386 g/mol. The zero-order chi connectivity index (χ0) is 20.4. The lowest BCUT2D eigenvalue weighted by Gasteiger charge is -2.44. The SMILES string of the molecule is CC1(C)OCC(Cc2ccc([N+](=O)[O-])cc2)(Cc2ccc([N+](=O)[O-])cc2)CO1. The van der Waals surface area contributed by atoms with Crippen molar-refractivity contribution < 1.29 is 19.3 Å². The molecule has 0 aliphatic carbocycles. The van der Waals surface area contributed by atoms with E-state index in [9.17, 15) is 20.2 Å². The highest BCUT2D eigenvalue weighted by molar-refractivity contribution is 5.35. The van der Waals surface area contributed by atoms with Gasteiger partial charge in [0.05, 0.1) is 23.1 Å². The van der Waals surface area contributed by atoms with E-state index in [2.05, 4.69) is 0 Å². The fourth-order valence-electron chi connectivity index (χ4n) is 3.34. The molecule has 1 heterocycles. The lowest BCUT2D eigenvalue weighted by Crippen LogP contribution is -2.48. The Kier molecular flexibility index (Phi) is 5.44. The maximum atomic E-state index is 10.9. The van der Waals surface area contributed by atoms with Gasteiger partial charge in [-0.3, -0.25) is 20.2 Å². The Labute approximate surface area is 162 Å². The minimum absolute atomic E-state index is 0.0467. The van der Waals surface area contributed by atoms with Crippen LogP contribution in [0.5, 0.6) is 0 Å². The maximum Gasteiger partial charge on any atom is 0.269 e. The largest absolute Gasteiger partial charge is 0.350 e. The fourth-order valence-corrected chi connectivity index (χ4v) is 3.34. The molecule has 1 saturated heterocycles. The third-order valence-electron chi connectivity index (χ3n) is 4.90. The molecule has 0 spiro atoms. The number of non-ortho nitro benzene ring substituents is 2. The van der Waals surface area contributed by atoms with Gasteiger partial charge in [-0.25, -0.2) is 0 Å². The molecule has 28 heavy (non-hydrogen) atoms. The number of ether oxygens (including phenoxy) is 2. The first-order chi connectivity index (χ1) is 13.2. The maximum absolute atomic E-state index is 10.9. The van der Waals surface area contributed by atoms with E-state index in [1.165, 1.54) is 24.3 Å². The summed E-state index contributed by atoms with van der Waals surface area (Å²) >= 11 is 0. The van der Waals surface area contributed by atoms with Crippen molar-refractivity contribution in [1.29, 1.82) is 0 Å². The monoisotopic (exact) mass is 386 g/mol. The summed E-state index contributed by atoms with van der Waals surface area (Å²) in [5, 5.41) is 21.7. The summed E-state index contributed by atoms with van der Waals surface area (Å²) in [6.45, 7) is 4.62. The Morgan fingerprint density at radius 1 is 0.786 bits per heavy atom. The molecule has 8 nitrogen and oxygen atoms in total. The quantitative estimate of drug-likeness (QED) is 0.548. The van der Waals surface area contributed by atoms with E-state index in [4.69, 9.17) is 9.47 Å². The van der Waals surface area contributed by atoms with Gasteiger partial charge in [-0.2, -0.15) is 0 Å². The first kappa shape index (κ1) is 19.9. The molecule has 148 valence electrons. The number of nitro benzene ring substituents is 2. The van der Waals surface area contributed by atoms with Crippen LogP contribution in [0.15, 0.2) is 48.5 Å². The topological polar surface area (TPSA) is 105 Å². The van der Waals surface area contributed by atoms with Gasteiger partial charge in [0.15, 0.2) is 5.79 Å². The Balaban J connectivity index is 1.83. The third-order valence-corrected chi connectivity index (χ3v) is 4.90. The van der Waals surface area contributed by atoms with Gasteiger partial charge in [-0.1, -0.05) is 24.3 Å². The molecular formula is C20H22N2O6. The highest BCUT2D eigenvalue weighted by Crippen LogP contribution is 2.36. The Morgan fingerprint density at radius 2 is 1.14 bits per heavy atom. The van der Waals surface area contributed by atoms with Gasteiger partial charge >= 0.3 is 0 Å². The Bertz CT molecular complexity index is 790. The molecule has 0 aromatic heterocycles. The van der Waals surface area contributed by atoms with E-state index in [1.807, 2.05) is 13.8 Å². The van der Waals surface area contributed by atoms with E-state index in [1.54, 1.807) is 24.3 Å². The van der Waals surface area contributed by atoms with Crippen LogP contribution in [0.25, 0.3) is 0 Å². The molecule has 0 radical (unpaired) electrons. The summed E-state index contributed by atoms with van der Waals surface area (Å²) in [4.78, 5) is 20.9. The average Bonchev–Trinajstić information content (AvgIpc) is 2.65. The summed E-state index contributed by atoms with van der Waals surface area (Å²) in [5.41, 5.74) is 1.61. The van der Waals surface area contributed by atoms with Crippen molar-refractivity contribution in [3.8, 4) is 0 Å². The van der Waals surface area contributed by atoms with Gasteiger partial charge in [-0.15, -0.1) is 0 Å². The van der Waals surface area contributed by atoms with Crippen LogP contribution in [0.1, 0.15) is 25.0 Å². The van der Waals surface area contributed by atoms with Crippen molar-refractivity contribution >= 4 is 11.4 Å². The molecule has 0 unspecified atom stereocenters. The normalized spacial score (nSPS) is 17.8. The predicted octanol–water partition coefficient (Wildman–Crippen LogP) is 4.06. The zero-order valence-electron chi connectivity index (χ0n) is 15.8. The molecule has 0 amide bonds. The van der Waals surface area contributed by atoms with Crippen LogP contribution in [0.2, 0.25) is 0 Å². The molecule has 3 rings (SSSR count). The first-order valence-electron chi connectivity index (χ1n) is 8.93. The Morgan fingerprint density at radius 3 is 1.46 bits per heavy atom. The molecule has 2 aromatic carbocycles. The van der Waals surface area contributed by atoms with Gasteiger partial charge in [0.1, 0.15) is 0 Å². The van der Waals surface area contributed by atoms with E-state index in [-0.39, 0.29) is 16.8 Å².